The average Bonchev–Trinajstić information content (AvgIpc) is 3.23. The van der Waals surface area contributed by atoms with E-state index in [1.165, 1.54) is 9.78 Å². The summed E-state index contributed by atoms with van der Waals surface area (Å²) in [6.45, 7) is 6.44. The highest BCUT2D eigenvalue weighted by atomic mass is 32.1. The van der Waals surface area contributed by atoms with Gasteiger partial charge in [-0.05, 0) is 36.1 Å². The first-order chi connectivity index (χ1) is 13.5. The molecule has 1 unspecified atom stereocenters. The molecule has 2 N–H and O–H groups in total. The Kier molecular flexibility index (Phi) is 8.81. The Balaban J connectivity index is 1.92. The predicted octanol–water partition coefficient (Wildman–Crippen LogP) is 3.07. The summed E-state index contributed by atoms with van der Waals surface area (Å²) in [5.41, 5.74) is 1.03. The Morgan fingerprint density at radius 2 is 2.07 bits per heavy atom. The molecule has 0 bridgehead atoms. The summed E-state index contributed by atoms with van der Waals surface area (Å²) in [7, 11) is 3.43. The quantitative estimate of drug-likeness (QED) is 0.500. The lowest BCUT2D eigenvalue weighted by molar-refractivity contribution is -0.130. The number of hydrogen-bond acceptors (Lipinski definition) is 4. The fraction of sp³-hybridized carbons (Fsp3) is 0.429. The van der Waals surface area contributed by atoms with Gasteiger partial charge in [0.1, 0.15) is 5.75 Å². The lowest BCUT2D eigenvalue weighted by atomic mass is 10.1. The average molecular weight is 403 g/mol. The molecular formula is C21H30N4O2S. The van der Waals surface area contributed by atoms with Gasteiger partial charge in [0, 0.05) is 38.0 Å². The second kappa shape index (κ2) is 11.3. The zero-order chi connectivity index (χ0) is 20.4. The second-order valence-corrected chi connectivity index (χ2v) is 7.70. The van der Waals surface area contributed by atoms with Crippen LogP contribution in [0.25, 0.3) is 0 Å². The number of guanidine groups is 1. The number of thiophene rings is 1. The van der Waals surface area contributed by atoms with Gasteiger partial charge in [0.25, 0.3) is 5.91 Å². The minimum atomic E-state index is -0.0677. The molecule has 0 saturated heterocycles. The van der Waals surface area contributed by atoms with Crippen LogP contribution < -0.4 is 15.4 Å². The largest absolute Gasteiger partial charge is 0.484 e. The summed E-state index contributed by atoms with van der Waals surface area (Å²) in [6, 6.07) is 11.9. The van der Waals surface area contributed by atoms with Crippen molar-refractivity contribution in [2.75, 3.05) is 33.8 Å². The number of rotatable bonds is 9. The van der Waals surface area contributed by atoms with Gasteiger partial charge in [-0.2, -0.15) is 0 Å². The number of benzene rings is 1. The molecule has 0 fully saturated rings. The highest BCUT2D eigenvalue weighted by molar-refractivity contribution is 7.10. The van der Waals surface area contributed by atoms with E-state index in [1.54, 1.807) is 25.4 Å². The Morgan fingerprint density at radius 1 is 1.25 bits per heavy atom. The van der Waals surface area contributed by atoms with Crippen LogP contribution in [0.2, 0.25) is 0 Å². The number of likely N-dealkylation sites (N-methyl/N-ethyl adjacent to an activating group) is 1. The molecule has 1 heterocycles. The van der Waals surface area contributed by atoms with Gasteiger partial charge in [-0.1, -0.05) is 25.1 Å². The molecule has 1 aromatic heterocycles. The van der Waals surface area contributed by atoms with Gasteiger partial charge in [0.05, 0.1) is 6.54 Å². The molecular weight excluding hydrogens is 372 g/mol. The fourth-order valence-corrected chi connectivity index (χ4v) is 3.23. The molecule has 0 aliphatic rings. The molecule has 0 aliphatic carbocycles. The van der Waals surface area contributed by atoms with Crippen molar-refractivity contribution in [1.29, 1.82) is 0 Å². The van der Waals surface area contributed by atoms with Crippen molar-refractivity contribution in [3.05, 3.63) is 52.2 Å². The van der Waals surface area contributed by atoms with Crippen molar-refractivity contribution in [2.45, 2.75) is 26.3 Å². The molecule has 0 aliphatic heterocycles. The van der Waals surface area contributed by atoms with Crippen LogP contribution in [0.1, 0.15) is 30.2 Å². The standard InChI is InChI=1S/C21H30N4O2S/c1-5-22-21(23-13-16(2)19-10-7-11-28-19)24-14-17-8-6-9-18(12-17)27-15-20(26)25(3)4/h6-12,16H,5,13-15H2,1-4H3,(H2,22,23,24). The molecule has 28 heavy (non-hydrogen) atoms. The fourth-order valence-electron chi connectivity index (χ4n) is 2.44. The number of hydrogen-bond donors (Lipinski definition) is 2. The number of carbonyl (C=O) groups excluding carboxylic acids is 1. The zero-order valence-electron chi connectivity index (χ0n) is 17.1. The molecule has 1 aromatic carbocycles. The van der Waals surface area contributed by atoms with E-state index in [-0.39, 0.29) is 12.5 Å². The molecule has 152 valence electrons. The van der Waals surface area contributed by atoms with Crippen molar-refractivity contribution >= 4 is 23.2 Å². The van der Waals surface area contributed by atoms with Crippen molar-refractivity contribution in [3.63, 3.8) is 0 Å². The number of ether oxygens (including phenoxy) is 1. The molecule has 1 amide bonds. The van der Waals surface area contributed by atoms with Crippen LogP contribution in [0.15, 0.2) is 46.8 Å². The number of nitrogens with one attached hydrogen (secondary N) is 2. The van der Waals surface area contributed by atoms with E-state index in [0.717, 1.165) is 24.6 Å². The van der Waals surface area contributed by atoms with Crippen LogP contribution in [0, 0.1) is 0 Å². The van der Waals surface area contributed by atoms with E-state index in [2.05, 4.69) is 47.0 Å². The van der Waals surface area contributed by atoms with Gasteiger partial charge < -0.3 is 20.3 Å². The van der Waals surface area contributed by atoms with Gasteiger partial charge in [0.2, 0.25) is 0 Å². The van der Waals surface area contributed by atoms with Crippen molar-refractivity contribution < 1.29 is 9.53 Å². The molecule has 7 heteroatoms. The lowest BCUT2D eigenvalue weighted by Gasteiger charge is -2.15. The SMILES string of the molecule is CCNC(=NCc1cccc(OCC(=O)N(C)C)c1)NCC(C)c1cccs1. The number of amides is 1. The maximum atomic E-state index is 11.7. The topological polar surface area (TPSA) is 66.0 Å². The Hall–Kier alpha value is -2.54. The third-order valence-electron chi connectivity index (χ3n) is 4.13. The maximum Gasteiger partial charge on any atom is 0.259 e. The van der Waals surface area contributed by atoms with Crippen LogP contribution in [-0.2, 0) is 11.3 Å². The highest BCUT2D eigenvalue weighted by Gasteiger charge is 2.08. The second-order valence-electron chi connectivity index (χ2n) is 6.72. The number of nitrogens with zero attached hydrogens (tertiary/aromatic N) is 2. The molecule has 6 nitrogen and oxygen atoms in total. The molecule has 0 saturated carbocycles. The third-order valence-corrected chi connectivity index (χ3v) is 5.23. The zero-order valence-corrected chi connectivity index (χ0v) is 17.9. The van der Waals surface area contributed by atoms with Gasteiger partial charge in [-0.15, -0.1) is 11.3 Å². The Bertz CT molecular complexity index is 760. The van der Waals surface area contributed by atoms with Gasteiger partial charge in [0.15, 0.2) is 12.6 Å². The van der Waals surface area contributed by atoms with Gasteiger partial charge in [-0.25, -0.2) is 4.99 Å². The maximum absolute atomic E-state index is 11.7. The van der Waals surface area contributed by atoms with Crippen molar-refractivity contribution in [1.82, 2.24) is 15.5 Å². The van der Waals surface area contributed by atoms with Crippen LogP contribution in [-0.4, -0.2) is 50.6 Å². The van der Waals surface area contributed by atoms with Crippen LogP contribution in [0.3, 0.4) is 0 Å². The van der Waals surface area contributed by atoms with Crippen LogP contribution in [0.4, 0.5) is 0 Å². The van der Waals surface area contributed by atoms with Crippen LogP contribution in [0.5, 0.6) is 5.75 Å². The number of aliphatic imine (C=N–C) groups is 1. The minimum Gasteiger partial charge on any atom is -0.484 e. The highest BCUT2D eigenvalue weighted by Crippen LogP contribution is 2.19. The van der Waals surface area contributed by atoms with Crippen molar-refractivity contribution in [2.24, 2.45) is 4.99 Å². The monoisotopic (exact) mass is 402 g/mol. The predicted molar refractivity (Wildman–Crippen MR) is 116 cm³/mol. The molecule has 0 spiro atoms. The van der Waals surface area contributed by atoms with Crippen molar-refractivity contribution in [3.8, 4) is 5.75 Å². The lowest BCUT2D eigenvalue weighted by Crippen LogP contribution is -2.39. The summed E-state index contributed by atoms with van der Waals surface area (Å²) in [4.78, 5) is 19.2. The first-order valence-electron chi connectivity index (χ1n) is 9.47. The van der Waals surface area contributed by atoms with E-state index in [0.29, 0.717) is 18.2 Å². The van der Waals surface area contributed by atoms with E-state index in [4.69, 9.17) is 4.74 Å². The minimum absolute atomic E-state index is 0.0323. The van der Waals surface area contributed by atoms with E-state index in [9.17, 15) is 4.79 Å². The number of carbonyl (C=O) groups is 1. The molecule has 2 aromatic rings. The summed E-state index contributed by atoms with van der Waals surface area (Å²) in [5, 5.41) is 8.80. The first-order valence-corrected chi connectivity index (χ1v) is 10.3. The summed E-state index contributed by atoms with van der Waals surface area (Å²) in [6.07, 6.45) is 0. The van der Waals surface area contributed by atoms with E-state index >= 15 is 0 Å². The molecule has 2 rings (SSSR count). The summed E-state index contributed by atoms with van der Waals surface area (Å²) in [5.74, 6) is 1.82. The Morgan fingerprint density at radius 3 is 2.75 bits per heavy atom. The Labute approximate surface area is 171 Å². The summed E-state index contributed by atoms with van der Waals surface area (Å²) >= 11 is 1.77. The molecule has 1 atom stereocenters. The van der Waals surface area contributed by atoms with Gasteiger partial charge in [-0.3, -0.25) is 4.79 Å². The summed E-state index contributed by atoms with van der Waals surface area (Å²) < 4.78 is 5.57. The molecule has 0 radical (unpaired) electrons. The normalized spacial score (nSPS) is 12.4. The smallest absolute Gasteiger partial charge is 0.259 e. The third kappa shape index (κ3) is 7.23. The van der Waals surface area contributed by atoms with Crippen LogP contribution >= 0.6 is 11.3 Å². The van der Waals surface area contributed by atoms with E-state index in [1.807, 2.05) is 24.3 Å². The van der Waals surface area contributed by atoms with Gasteiger partial charge >= 0.3 is 0 Å². The van der Waals surface area contributed by atoms with E-state index < -0.39 is 0 Å². The first kappa shape index (κ1) is 21.8.